The van der Waals surface area contributed by atoms with Crippen LogP contribution in [0.3, 0.4) is 0 Å². The van der Waals surface area contributed by atoms with Crippen molar-refractivity contribution in [2.75, 3.05) is 11.5 Å². The summed E-state index contributed by atoms with van der Waals surface area (Å²) in [7, 11) is 0. The van der Waals surface area contributed by atoms with Gasteiger partial charge in [-0.2, -0.15) is 0 Å². The minimum atomic E-state index is 0.629. The quantitative estimate of drug-likeness (QED) is 0.797. The lowest BCUT2D eigenvalue weighted by Gasteiger charge is -1.91. The number of anilines is 1. The fourth-order valence-corrected chi connectivity index (χ4v) is 2.75. The summed E-state index contributed by atoms with van der Waals surface area (Å²) >= 11 is 8.60. The molecule has 0 saturated carbocycles. The minimum Gasteiger partial charge on any atom is -0.375 e. The van der Waals surface area contributed by atoms with Crippen molar-refractivity contribution in [3.05, 3.63) is 17.3 Å². The van der Waals surface area contributed by atoms with Crippen molar-refractivity contribution in [1.29, 1.82) is 0 Å². The van der Waals surface area contributed by atoms with Crippen LogP contribution in [0.2, 0.25) is 0 Å². The van der Waals surface area contributed by atoms with E-state index in [1.807, 2.05) is 13.0 Å². The Labute approximate surface area is 84.8 Å². The maximum atomic E-state index is 5.53. The van der Waals surface area contributed by atoms with E-state index in [1.54, 1.807) is 11.8 Å². The monoisotopic (exact) mass is 220 g/mol. The Morgan fingerprint density at radius 1 is 1.75 bits per heavy atom. The van der Waals surface area contributed by atoms with E-state index in [4.69, 9.17) is 17.3 Å². The summed E-state index contributed by atoms with van der Waals surface area (Å²) in [6.07, 6.45) is 1.89. The van der Waals surface area contributed by atoms with E-state index in [0.717, 1.165) is 11.4 Å². The fourth-order valence-electron chi connectivity index (χ4n) is 0.697. The highest BCUT2D eigenvalue weighted by atomic mass is 35.5. The maximum absolute atomic E-state index is 5.53. The van der Waals surface area contributed by atoms with Crippen LogP contribution in [0.1, 0.15) is 5.69 Å². The summed E-state index contributed by atoms with van der Waals surface area (Å²) in [5, 5.41) is 0.629. The van der Waals surface area contributed by atoms with Crippen LogP contribution in [0.5, 0.6) is 0 Å². The van der Waals surface area contributed by atoms with Crippen molar-refractivity contribution >= 4 is 39.8 Å². The van der Waals surface area contributed by atoms with Gasteiger partial charge in [-0.3, -0.25) is 0 Å². The lowest BCUT2D eigenvalue weighted by Crippen LogP contribution is -1.80. The Morgan fingerprint density at radius 2 is 2.50 bits per heavy atom. The Morgan fingerprint density at radius 3 is 3.00 bits per heavy atom. The Balaban J connectivity index is 2.56. The lowest BCUT2D eigenvalue weighted by molar-refractivity contribution is 1.21. The third-order valence-electron chi connectivity index (χ3n) is 1.17. The predicted octanol–water partition coefficient (Wildman–Crippen LogP) is 2.88. The molecule has 0 amide bonds. The lowest BCUT2D eigenvalue weighted by atomic mass is 10.6. The second-order valence-electron chi connectivity index (χ2n) is 2.10. The number of thiazole rings is 1. The highest BCUT2D eigenvalue weighted by molar-refractivity contribution is 8.01. The van der Waals surface area contributed by atoms with Crippen LogP contribution in [0, 0.1) is 6.92 Å². The number of thioether (sulfide) groups is 1. The van der Waals surface area contributed by atoms with Gasteiger partial charge in [-0.15, -0.1) is 11.8 Å². The molecule has 1 aromatic rings. The highest BCUT2D eigenvalue weighted by Crippen LogP contribution is 2.30. The van der Waals surface area contributed by atoms with Gasteiger partial charge < -0.3 is 5.73 Å². The second kappa shape index (κ2) is 4.74. The van der Waals surface area contributed by atoms with E-state index < -0.39 is 0 Å². The van der Waals surface area contributed by atoms with Gasteiger partial charge in [0.15, 0.2) is 5.13 Å². The molecule has 0 bridgehead atoms. The summed E-state index contributed by atoms with van der Waals surface area (Å²) < 4.78 is 1.17. The summed E-state index contributed by atoms with van der Waals surface area (Å²) in [4.78, 5) is 4.11. The molecular weight excluding hydrogens is 212 g/mol. The molecule has 66 valence electrons. The molecule has 12 heavy (non-hydrogen) atoms. The molecule has 0 fully saturated rings. The first-order valence-corrected chi connectivity index (χ1v) is 5.59. The Bertz CT molecular complexity index is 283. The second-order valence-corrected chi connectivity index (χ2v) is 4.67. The average molecular weight is 221 g/mol. The summed E-state index contributed by atoms with van der Waals surface area (Å²) in [5.41, 5.74) is 8.06. The molecule has 0 aromatic carbocycles. The molecule has 5 heteroatoms. The zero-order valence-corrected chi connectivity index (χ0v) is 8.97. The van der Waals surface area contributed by atoms with E-state index in [2.05, 4.69) is 4.98 Å². The molecule has 2 N–H and O–H groups in total. The van der Waals surface area contributed by atoms with Gasteiger partial charge in [0.1, 0.15) is 0 Å². The zero-order chi connectivity index (χ0) is 8.97. The van der Waals surface area contributed by atoms with Crippen LogP contribution in [0.25, 0.3) is 0 Å². The highest BCUT2D eigenvalue weighted by Gasteiger charge is 2.03. The number of hydrogen-bond donors (Lipinski definition) is 1. The fraction of sp³-hybridized carbons (Fsp3) is 0.286. The standard InChI is InChI=1S/C7H9ClN2S2/c1-5-6(11-4-2-3-8)12-7(9)10-5/h2-3H,4H2,1H3,(H2,9,10)/b3-2+. The van der Waals surface area contributed by atoms with E-state index >= 15 is 0 Å². The number of aromatic nitrogens is 1. The zero-order valence-electron chi connectivity index (χ0n) is 6.58. The van der Waals surface area contributed by atoms with Crippen LogP contribution in [-0.4, -0.2) is 10.7 Å². The van der Waals surface area contributed by atoms with E-state index in [1.165, 1.54) is 21.1 Å². The van der Waals surface area contributed by atoms with Crippen molar-refractivity contribution in [3.8, 4) is 0 Å². The number of nitrogens with zero attached hydrogens (tertiary/aromatic N) is 1. The summed E-state index contributed by atoms with van der Waals surface area (Å²) in [6.45, 7) is 1.96. The molecule has 1 rings (SSSR count). The molecule has 0 aliphatic carbocycles. The molecule has 0 unspecified atom stereocenters. The maximum Gasteiger partial charge on any atom is 0.181 e. The number of nitrogen functional groups attached to an aromatic ring is 1. The summed E-state index contributed by atoms with van der Waals surface area (Å²) in [5.74, 6) is 0.867. The number of rotatable bonds is 3. The first kappa shape index (κ1) is 9.89. The summed E-state index contributed by atoms with van der Waals surface area (Å²) in [6, 6.07) is 0. The Hall–Kier alpha value is -0.190. The van der Waals surface area contributed by atoms with Crippen molar-refractivity contribution in [2.24, 2.45) is 0 Å². The molecular formula is C7H9ClN2S2. The van der Waals surface area contributed by atoms with Gasteiger partial charge in [0, 0.05) is 11.3 Å². The van der Waals surface area contributed by atoms with Crippen molar-refractivity contribution in [1.82, 2.24) is 4.98 Å². The smallest absolute Gasteiger partial charge is 0.181 e. The first-order valence-electron chi connectivity index (χ1n) is 3.35. The molecule has 1 aromatic heterocycles. The largest absolute Gasteiger partial charge is 0.375 e. The van der Waals surface area contributed by atoms with Gasteiger partial charge in [0.25, 0.3) is 0 Å². The number of nitrogens with two attached hydrogens (primary N) is 1. The molecule has 0 aliphatic rings. The number of halogens is 1. The van der Waals surface area contributed by atoms with Crippen molar-refractivity contribution in [3.63, 3.8) is 0 Å². The van der Waals surface area contributed by atoms with Gasteiger partial charge in [0.05, 0.1) is 9.90 Å². The van der Waals surface area contributed by atoms with E-state index in [9.17, 15) is 0 Å². The van der Waals surface area contributed by atoms with Gasteiger partial charge in [-0.25, -0.2) is 4.98 Å². The van der Waals surface area contributed by atoms with Gasteiger partial charge in [-0.05, 0) is 6.92 Å². The van der Waals surface area contributed by atoms with Crippen LogP contribution in [0.15, 0.2) is 15.8 Å². The van der Waals surface area contributed by atoms with Crippen LogP contribution in [-0.2, 0) is 0 Å². The molecule has 0 aliphatic heterocycles. The third kappa shape index (κ3) is 2.69. The SMILES string of the molecule is Cc1nc(N)sc1SC/C=C/Cl. The molecule has 0 atom stereocenters. The molecule has 2 nitrogen and oxygen atoms in total. The van der Waals surface area contributed by atoms with Gasteiger partial charge in [-0.1, -0.05) is 29.0 Å². The minimum absolute atomic E-state index is 0.629. The van der Waals surface area contributed by atoms with Crippen LogP contribution < -0.4 is 5.73 Å². The van der Waals surface area contributed by atoms with Crippen molar-refractivity contribution < 1.29 is 0 Å². The number of aryl methyl sites for hydroxylation is 1. The number of hydrogen-bond acceptors (Lipinski definition) is 4. The topological polar surface area (TPSA) is 38.9 Å². The first-order chi connectivity index (χ1) is 5.74. The predicted molar refractivity (Wildman–Crippen MR) is 57.0 cm³/mol. The van der Waals surface area contributed by atoms with E-state index in [-0.39, 0.29) is 0 Å². The Kier molecular flexibility index (Phi) is 3.91. The van der Waals surface area contributed by atoms with Gasteiger partial charge in [0.2, 0.25) is 0 Å². The molecule has 1 heterocycles. The average Bonchev–Trinajstić information content (AvgIpc) is 2.31. The van der Waals surface area contributed by atoms with Gasteiger partial charge >= 0.3 is 0 Å². The van der Waals surface area contributed by atoms with Crippen LogP contribution >= 0.6 is 34.7 Å². The van der Waals surface area contributed by atoms with Crippen molar-refractivity contribution in [2.45, 2.75) is 11.1 Å². The normalized spacial score (nSPS) is 11.2. The van der Waals surface area contributed by atoms with E-state index in [0.29, 0.717) is 5.13 Å². The molecule has 0 saturated heterocycles. The van der Waals surface area contributed by atoms with Crippen LogP contribution in [0.4, 0.5) is 5.13 Å². The molecule has 0 radical (unpaired) electrons. The molecule has 0 spiro atoms. The third-order valence-corrected chi connectivity index (χ3v) is 3.65.